The van der Waals surface area contributed by atoms with E-state index in [0.717, 1.165) is 19.5 Å². The quantitative estimate of drug-likeness (QED) is 0.282. The van der Waals surface area contributed by atoms with Crippen LogP contribution in [0.15, 0.2) is 5.11 Å². The fourth-order valence-corrected chi connectivity index (χ4v) is 2.65. The van der Waals surface area contributed by atoms with Crippen molar-refractivity contribution in [1.82, 2.24) is 4.90 Å². The molecule has 3 aliphatic heterocycles. The van der Waals surface area contributed by atoms with E-state index in [1.54, 1.807) is 0 Å². The van der Waals surface area contributed by atoms with Gasteiger partial charge < -0.3 is 0 Å². The predicted octanol–water partition coefficient (Wildman–Crippen LogP) is 1.64. The van der Waals surface area contributed by atoms with Crippen LogP contribution in [0.5, 0.6) is 0 Å². The van der Waals surface area contributed by atoms with Crippen molar-refractivity contribution < 1.29 is 0 Å². The van der Waals surface area contributed by atoms with Crippen molar-refractivity contribution in [3.05, 3.63) is 10.4 Å². The first-order valence-corrected chi connectivity index (χ1v) is 5.06. The van der Waals surface area contributed by atoms with E-state index < -0.39 is 0 Å². The van der Waals surface area contributed by atoms with Crippen molar-refractivity contribution in [2.45, 2.75) is 18.9 Å². The smallest absolute Gasteiger partial charge is 0.0414 e. The molecule has 0 saturated carbocycles. The van der Waals surface area contributed by atoms with Crippen LogP contribution in [0.2, 0.25) is 0 Å². The zero-order valence-corrected chi connectivity index (χ0v) is 8.13. The van der Waals surface area contributed by atoms with Crippen LogP contribution >= 0.6 is 0 Å². The van der Waals surface area contributed by atoms with Gasteiger partial charge in [0.25, 0.3) is 0 Å². The molecule has 1 unspecified atom stereocenters. The Morgan fingerprint density at radius 1 is 1.64 bits per heavy atom. The second kappa shape index (κ2) is 3.91. The molecule has 3 aliphatic rings. The number of hydrogen-bond acceptors (Lipinski definition) is 2. The van der Waals surface area contributed by atoms with E-state index in [1.807, 2.05) is 0 Å². The third-order valence-corrected chi connectivity index (χ3v) is 3.45. The molecule has 0 amide bonds. The molecule has 3 saturated heterocycles. The lowest BCUT2D eigenvalue weighted by Crippen LogP contribution is -2.54. The fraction of sp³-hybridized carbons (Fsp3) is 0.800. The van der Waals surface area contributed by atoms with Crippen molar-refractivity contribution in [1.29, 1.82) is 0 Å². The molecule has 4 nitrogen and oxygen atoms in total. The van der Waals surface area contributed by atoms with Gasteiger partial charge in [0.2, 0.25) is 0 Å². The van der Waals surface area contributed by atoms with Crippen LogP contribution in [-0.4, -0.2) is 30.6 Å². The Morgan fingerprint density at radius 3 is 3.07 bits per heavy atom. The molecule has 0 aromatic rings. The average molecular weight is 190 g/mol. The van der Waals surface area contributed by atoms with Crippen LogP contribution in [0.4, 0.5) is 0 Å². The van der Waals surface area contributed by atoms with Crippen LogP contribution in [0, 0.1) is 24.2 Å². The lowest BCUT2D eigenvalue weighted by atomic mass is 9.76. The van der Waals surface area contributed by atoms with Crippen molar-refractivity contribution >= 4 is 0 Å². The van der Waals surface area contributed by atoms with Crippen LogP contribution in [0.25, 0.3) is 10.4 Å². The first-order chi connectivity index (χ1) is 6.85. The minimum absolute atomic E-state index is 0.422. The third-order valence-electron chi connectivity index (χ3n) is 3.45. The SMILES string of the molecule is C#C[C@H]1CN2CC[C@H]1C[C@H]2CN=[N+]=[N-]. The third kappa shape index (κ3) is 1.57. The van der Waals surface area contributed by atoms with Crippen LogP contribution in [-0.2, 0) is 0 Å². The Labute approximate surface area is 83.9 Å². The first-order valence-electron chi connectivity index (χ1n) is 5.06. The van der Waals surface area contributed by atoms with E-state index in [9.17, 15) is 0 Å². The van der Waals surface area contributed by atoms with E-state index in [0.29, 0.717) is 24.4 Å². The van der Waals surface area contributed by atoms with Gasteiger partial charge in [-0.25, -0.2) is 0 Å². The molecule has 74 valence electrons. The Balaban J connectivity index is 2.01. The fourth-order valence-electron chi connectivity index (χ4n) is 2.65. The van der Waals surface area contributed by atoms with Gasteiger partial charge in [-0.2, -0.15) is 0 Å². The van der Waals surface area contributed by atoms with Gasteiger partial charge in [0.15, 0.2) is 0 Å². The molecule has 2 bridgehead atoms. The largest absolute Gasteiger partial charge is 0.299 e. The molecular formula is C10H14N4. The number of azide groups is 1. The topological polar surface area (TPSA) is 52.0 Å². The molecular weight excluding hydrogens is 176 g/mol. The summed E-state index contributed by atoms with van der Waals surface area (Å²) in [4.78, 5) is 5.18. The lowest BCUT2D eigenvalue weighted by molar-refractivity contribution is 0.0267. The lowest BCUT2D eigenvalue weighted by Gasteiger charge is -2.48. The Morgan fingerprint density at radius 2 is 2.50 bits per heavy atom. The number of rotatable bonds is 2. The van der Waals surface area contributed by atoms with Crippen LogP contribution in [0.1, 0.15) is 12.8 Å². The van der Waals surface area contributed by atoms with Gasteiger partial charge in [-0.05, 0) is 30.8 Å². The van der Waals surface area contributed by atoms with Gasteiger partial charge in [0.05, 0.1) is 0 Å². The van der Waals surface area contributed by atoms with E-state index in [1.165, 1.54) is 6.42 Å². The molecule has 0 aromatic carbocycles. The van der Waals surface area contributed by atoms with E-state index >= 15 is 0 Å². The van der Waals surface area contributed by atoms with Crippen LogP contribution in [0.3, 0.4) is 0 Å². The van der Waals surface area contributed by atoms with Crippen molar-refractivity contribution in [2.24, 2.45) is 17.0 Å². The van der Waals surface area contributed by atoms with Crippen molar-refractivity contribution in [2.75, 3.05) is 19.6 Å². The Hall–Kier alpha value is -1.17. The molecule has 4 atom stereocenters. The summed E-state index contributed by atoms with van der Waals surface area (Å²) >= 11 is 0. The van der Waals surface area contributed by atoms with E-state index in [2.05, 4.69) is 20.8 Å². The molecule has 3 heterocycles. The summed E-state index contributed by atoms with van der Waals surface area (Å²) in [6, 6.07) is 0.439. The number of terminal acetylenes is 1. The second-order valence-electron chi connectivity index (χ2n) is 4.12. The van der Waals surface area contributed by atoms with Gasteiger partial charge in [-0.1, -0.05) is 5.11 Å². The van der Waals surface area contributed by atoms with Gasteiger partial charge in [0.1, 0.15) is 0 Å². The number of nitrogens with zero attached hydrogens (tertiary/aromatic N) is 4. The molecule has 0 radical (unpaired) electrons. The minimum Gasteiger partial charge on any atom is -0.299 e. The van der Waals surface area contributed by atoms with Gasteiger partial charge in [0, 0.05) is 30.0 Å². The minimum atomic E-state index is 0.422. The summed E-state index contributed by atoms with van der Waals surface area (Å²) < 4.78 is 0. The second-order valence-corrected chi connectivity index (χ2v) is 4.12. The van der Waals surface area contributed by atoms with Gasteiger partial charge in [-0.3, -0.25) is 4.90 Å². The van der Waals surface area contributed by atoms with Crippen LogP contribution < -0.4 is 0 Å². The molecule has 14 heavy (non-hydrogen) atoms. The maximum atomic E-state index is 8.27. The molecule has 3 rings (SSSR count). The van der Waals surface area contributed by atoms with Crippen molar-refractivity contribution in [3.63, 3.8) is 0 Å². The maximum Gasteiger partial charge on any atom is 0.0414 e. The molecule has 3 fully saturated rings. The predicted molar refractivity (Wildman–Crippen MR) is 54.4 cm³/mol. The monoisotopic (exact) mass is 190 g/mol. The highest BCUT2D eigenvalue weighted by molar-refractivity contribution is 5.05. The number of hydrogen-bond donors (Lipinski definition) is 0. The molecule has 0 aliphatic carbocycles. The maximum absolute atomic E-state index is 8.27. The van der Waals surface area contributed by atoms with Crippen molar-refractivity contribution in [3.8, 4) is 12.3 Å². The first kappa shape index (κ1) is 9.39. The summed E-state index contributed by atoms with van der Waals surface area (Å²) in [5.41, 5.74) is 8.27. The van der Waals surface area contributed by atoms with Gasteiger partial charge in [-0.15, -0.1) is 12.3 Å². The Kier molecular flexibility index (Phi) is 2.62. The molecule has 0 N–H and O–H groups in total. The molecule has 0 aromatic heterocycles. The summed E-state index contributed by atoms with van der Waals surface area (Å²) in [6.07, 6.45) is 7.79. The molecule has 0 spiro atoms. The Bertz CT molecular complexity index is 300. The number of fused-ring (bicyclic) bond motifs is 3. The zero-order chi connectivity index (χ0) is 9.97. The average Bonchev–Trinajstić information content (AvgIpc) is 2.27. The van der Waals surface area contributed by atoms with E-state index in [4.69, 9.17) is 12.0 Å². The summed E-state index contributed by atoms with van der Waals surface area (Å²) in [6.45, 7) is 2.71. The molecule has 4 heteroatoms. The summed E-state index contributed by atoms with van der Waals surface area (Å²) in [7, 11) is 0. The van der Waals surface area contributed by atoms with Gasteiger partial charge >= 0.3 is 0 Å². The standard InChI is InChI=1S/C10H14N4/c1-2-8-7-14-4-3-9(8)5-10(14)6-12-13-11/h1,8-10H,3-7H2/t8-,9-,10-/m0/s1. The highest BCUT2D eigenvalue weighted by Gasteiger charge is 2.38. The summed E-state index contributed by atoms with van der Waals surface area (Å²) in [5, 5.41) is 3.65. The highest BCUT2D eigenvalue weighted by atomic mass is 15.2. The summed E-state index contributed by atoms with van der Waals surface area (Å²) in [5.74, 6) is 3.95. The highest BCUT2D eigenvalue weighted by Crippen LogP contribution is 2.35. The van der Waals surface area contributed by atoms with E-state index in [-0.39, 0.29) is 0 Å². The number of piperidine rings is 3. The zero-order valence-electron chi connectivity index (χ0n) is 8.13. The normalized spacial score (nSPS) is 39.9.